The van der Waals surface area contributed by atoms with Crippen LogP contribution in [0.2, 0.25) is 0 Å². The van der Waals surface area contributed by atoms with E-state index in [-0.39, 0.29) is 53.2 Å². The van der Waals surface area contributed by atoms with Crippen LogP contribution < -0.4 is 15.0 Å². The average molecular weight is 493 g/mol. The zero-order valence-corrected chi connectivity index (χ0v) is 18.7. The molecule has 2 aromatic carbocycles. The molecular weight excluding hydrogens is 473 g/mol. The normalized spacial score (nSPS) is 18.4. The molecule has 0 saturated heterocycles. The second kappa shape index (κ2) is 8.52. The third-order valence-corrected chi connectivity index (χ3v) is 6.24. The number of nitrogens with zero attached hydrogens (tertiary/aromatic N) is 2. The van der Waals surface area contributed by atoms with E-state index in [0.717, 1.165) is 12.1 Å². The molecule has 184 valence electrons. The van der Waals surface area contributed by atoms with Crippen LogP contribution in [0, 0.1) is 35.3 Å². The molecular formula is C24H20F5N3O3. The van der Waals surface area contributed by atoms with Crippen LogP contribution in [0.4, 0.5) is 33.3 Å². The Balaban J connectivity index is 1.65. The Morgan fingerprint density at radius 3 is 2.54 bits per heavy atom. The molecule has 6 nitrogen and oxygen atoms in total. The van der Waals surface area contributed by atoms with Gasteiger partial charge in [0, 0.05) is 6.42 Å². The van der Waals surface area contributed by atoms with Crippen LogP contribution >= 0.6 is 0 Å². The van der Waals surface area contributed by atoms with Gasteiger partial charge in [0.2, 0.25) is 5.91 Å². The standard InChI is InChI=1S/C24H20F5N3O3/c1-12-5-17-21(19(26)20(12)31-18(33)9-23(3-4-23)24(27,28)29)35-13(2)22(34)32(17)11-15-6-14(10-30)7-16(25)8-15/h5-8,13H,3-4,9,11H2,1-2H3,(H,31,33). The number of amides is 2. The van der Waals surface area contributed by atoms with Crippen molar-refractivity contribution >= 4 is 23.2 Å². The van der Waals surface area contributed by atoms with Gasteiger partial charge in [0.05, 0.1) is 35.0 Å². The molecule has 2 amide bonds. The van der Waals surface area contributed by atoms with E-state index in [9.17, 15) is 27.2 Å². The van der Waals surface area contributed by atoms with Crippen LogP contribution in [0.15, 0.2) is 24.3 Å². The Bertz CT molecular complexity index is 1260. The number of hydrogen-bond donors (Lipinski definition) is 1. The lowest BCUT2D eigenvalue weighted by molar-refractivity contribution is -0.189. The molecule has 0 radical (unpaired) electrons. The lowest BCUT2D eigenvalue weighted by atomic mass is 10.0. The van der Waals surface area contributed by atoms with E-state index in [1.54, 1.807) is 0 Å². The number of carbonyl (C=O) groups excluding carboxylic acids is 2. The number of alkyl halides is 3. The number of anilines is 2. The lowest BCUT2D eigenvalue weighted by Crippen LogP contribution is -2.44. The van der Waals surface area contributed by atoms with Gasteiger partial charge in [0.25, 0.3) is 5.91 Å². The Morgan fingerprint density at radius 2 is 1.94 bits per heavy atom. The van der Waals surface area contributed by atoms with E-state index in [1.165, 1.54) is 30.9 Å². The minimum absolute atomic E-state index is 0.0119. The highest BCUT2D eigenvalue weighted by molar-refractivity contribution is 6.01. The van der Waals surface area contributed by atoms with E-state index in [4.69, 9.17) is 10.00 Å². The fraction of sp³-hybridized carbons (Fsp3) is 0.375. The molecule has 0 bridgehead atoms. The number of nitriles is 1. The van der Waals surface area contributed by atoms with Gasteiger partial charge >= 0.3 is 6.18 Å². The van der Waals surface area contributed by atoms with Gasteiger partial charge in [0.15, 0.2) is 17.7 Å². The first-order chi connectivity index (χ1) is 16.3. The van der Waals surface area contributed by atoms with E-state index in [2.05, 4.69) is 5.32 Å². The molecule has 0 spiro atoms. The van der Waals surface area contributed by atoms with Gasteiger partial charge in [-0.1, -0.05) is 0 Å². The number of fused-ring (bicyclic) bond motifs is 1. The number of rotatable bonds is 5. The van der Waals surface area contributed by atoms with Crippen molar-refractivity contribution in [2.24, 2.45) is 5.41 Å². The smallest absolute Gasteiger partial charge is 0.395 e. The lowest BCUT2D eigenvalue weighted by Gasteiger charge is -2.34. The summed E-state index contributed by atoms with van der Waals surface area (Å²) >= 11 is 0. The van der Waals surface area contributed by atoms with Crippen LogP contribution in [0.3, 0.4) is 0 Å². The summed E-state index contributed by atoms with van der Waals surface area (Å²) in [4.78, 5) is 26.3. The first kappa shape index (κ1) is 24.4. The minimum atomic E-state index is -4.53. The number of aryl methyl sites for hydroxylation is 1. The van der Waals surface area contributed by atoms with Crippen molar-refractivity contribution in [1.29, 1.82) is 5.26 Å². The predicted molar refractivity (Wildman–Crippen MR) is 115 cm³/mol. The fourth-order valence-electron chi connectivity index (χ4n) is 4.13. The highest BCUT2D eigenvalue weighted by atomic mass is 19.4. The molecule has 2 aromatic rings. The molecule has 1 N–H and O–H groups in total. The highest BCUT2D eigenvalue weighted by Crippen LogP contribution is 2.60. The molecule has 1 aliphatic heterocycles. The molecule has 35 heavy (non-hydrogen) atoms. The second-order valence-electron chi connectivity index (χ2n) is 8.88. The van der Waals surface area contributed by atoms with Gasteiger partial charge in [-0.05, 0) is 62.1 Å². The van der Waals surface area contributed by atoms with Gasteiger partial charge in [-0.3, -0.25) is 9.59 Å². The summed E-state index contributed by atoms with van der Waals surface area (Å²) in [6.07, 6.45) is -6.82. The monoisotopic (exact) mass is 493 g/mol. The van der Waals surface area contributed by atoms with Crippen molar-refractivity contribution in [2.75, 3.05) is 10.2 Å². The fourth-order valence-corrected chi connectivity index (χ4v) is 4.13. The Kier molecular flexibility index (Phi) is 5.95. The van der Waals surface area contributed by atoms with Gasteiger partial charge in [-0.15, -0.1) is 0 Å². The second-order valence-corrected chi connectivity index (χ2v) is 8.88. The van der Waals surface area contributed by atoms with Gasteiger partial charge in [-0.2, -0.15) is 18.4 Å². The Hall–Kier alpha value is -3.68. The van der Waals surface area contributed by atoms with Crippen molar-refractivity contribution in [3.63, 3.8) is 0 Å². The van der Waals surface area contributed by atoms with Gasteiger partial charge in [0.1, 0.15) is 5.82 Å². The molecule has 0 aromatic heterocycles. The molecule has 4 rings (SSSR count). The number of benzene rings is 2. The highest BCUT2D eigenvalue weighted by Gasteiger charge is 2.63. The van der Waals surface area contributed by atoms with Crippen LogP contribution in [-0.4, -0.2) is 24.1 Å². The minimum Gasteiger partial charge on any atom is -0.476 e. The molecule has 1 fully saturated rings. The molecule has 1 unspecified atom stereocenters. The van der Waals surface area contributed by atoms with E-state index >= 15 is 4.39 Å². The molecule has 1 atom stereocenters. The summed E-state index contributed by atoms with van der Waals surface area (Å²) in [5.41, 5.74) is -1.94. The van der Waals surface area contributed by atoms with Crippen LogP contribution in [0.25, 0.3) is 0 Å². The first-order valence-corrected chi connectivity index (χ1v) is 10.7. The molecule has 11 heteroatoms. The molecule has 2 aliphatic rings. The average Bonchev–Trinajstić information content (AvgIpc) is 3.55. The largest absolute Gasteiger partial charge is 0.476 e. The van der Waals surface area contributed by atoms with Crippen LogP contribution in [-0.2, 0) is 16.1 Å². The number of ether oxygens (including phenoxy) is 1. The number of hydrogen-bond acceptors (Lipinski definition) is 4. The summed E-state index contributed by atoms with van der Waals surface area (Å²) in [6.45, 7) is 2.61. The van der Waals surface area contributed by atoms with Crippen molar-refractivity contribution < 1.29 is 36.3 Å². The van der Waals surface area contributed by atoms with Crippen LogP contribution in [0.1, 0.15) is 42.9 Å². The maximum atomic E-state index is 15.5. The quantitative estimate of drug-likeness (QED) is 0.586. The van der Waals surface area contributed by atoms with E-state index in [0.29, 0.717) is 0 Å². The number of halogens is 5. The summed E-state index contributed by atoms with van der Waals surface area (Å²) in [5, 5.41) is 11.3. The topological polar surface area (TPSA) is 82.4 Å². The maximum absolute atomic E-state index is 15.5. The van der Waals surface area contributed by atoms with E-state index in [1.807, 2.05) is 6.07 Å². The van der Waals surface area contributed by atoms with Crippen molar-refractivity contribution in [3.8, 4) is 11.8 Å². The summed E-state index contributed by atoms with van der Waals surface area (Å²) < 4.78 is 74.4. The third kappa shape index (κ3) is 4.52. The summed E-state index contributed by atoms with van der Waals surface area (Å²) in [7, 11) is 0. The Morgan fingerprint density at radius 1 is 1.26 bits per heavy atom. The first-order valence-electron chi connectivity index (χ1n) is 10.7. The van der Waals surface area contributed by atoms with Gasteiger partial charge in [-0.25, -0.2) is 8.78 Å². The van der Waals surface area contributed by atoms with E-state index < -0.39 is 47.6 Å². The Labute approximate surface area is 197 Å². The van der Waals surface area contributed by atoms with Crippen molar-refractivity contribution in [2.45, 2.75) is 51.9 Å². The summed E-state index contributed by atoms with van der Waals surface area (Å²) in [6, 6.07) is 6.74. The van der Waals surface area contributed by atoms with Crippen molar-refractivity contribution in [1.82, 2.24) is 0 Å². The summed E-state index contributed by atoms with van der Waals surface area (Å²) in [5.74, 6) is -3.61. The number of carbonyl (C=O) groups is 2. The molecule has 1 aliphatic carbocycles. The third-order valence-electron chi connectivity index (χ3n) is 6.24. The zero-order chi connectivity index (χ0) is 25.7. The maximum Gasteiger partial charge on any atom is 0.395 e. The van der Waals surface area contributed by atoms with Crippen molar-refractivity contribution in [3.05, 3.63) is 52.6 Å². The van der Waals surface area contributed by atoms with Gasteiger partial charge < -0.3 is 15.0 Å². The number of nitrogens with one attached hydrogen (secondary N) is 1. The predicted octanol–water partition coefficient (Wildman–Crippen LogP) is 5.13. The molecule has 1 saturated carbocycles. The zero-order valence-electron chi connectivity index (χ0n) is 18.7. The SMILES string of the molecule is Cc1cc2c(c(F)c1NC(=O)CC1(C(F)(F)F)CC1)OC(C)C(=O)N2Cc1cc(F)cc(C#N)c1. The van der Waals surface area contributed by atoms with Crippen LogP contribution in [0.5, 0.6) is 5.75 Å². The molecule has 1 heterocycles.